The molecule has 80 valence electrons. The van der Waals surface area contributed by atoms with Gasteiger partial charge in [0.15, 0.2) is 0 Å². The molecule has 1 saturated heterocycles. The summed E-state index contributed by atoms with van der Waals surface area (Å²) in [6.07, 6.45) is 0.565. The number of anilines is 2. The van der Waals surface area contributed by atoms with E-state index in [1.165, 1.54) is 0 Å². The normalized spacial score (nSPS) is 21.3. The molecule has 2 rings (SSSR count). The Labute approximate surface area is 88.6 Å². The van der Waals surface area contributed by atoms with Crippen molar-refractivity contribution < 1.29 is 9.53 Å². The third kappa shape index (κ3) is 2.03. The van der Waals surface area contributed by atoms with Gasteiger partial charge in [-0.3, -0.25) is 4.90 Å². The molecule has 0 aromatic heterocycles. The van der Waals surface area contributed by atoms with Crippen molar-refractivity contribution in [2.75, 3.05) is 17.2 Å². The van der Waals surface area contributed by atoms with Gasteiger partial charge in [0.2, 0.25) is 0 Å². The van der Waals surface area contributed by atoms with Crippen LogP contribution in [0.15, 0.2) is 24.3 Å². The van der Waals surface area contributed by atoms with E-state index in [0.717, 1.165) is 12.1 Å². The molecule has 0 radical (unpaired) electrons. The van der Waals surface area contributed by atoms with E-state index in [0.29, 0.717) is 12.2 Å². The summed E-state index contributed by atoms with van der Waals surface area (Å²) in [6.45, 7) is 2.58. The van der Waals surface area contributed by atoms with Gasteiger partial charge >= 0.3 is 6.09 Å². The van der Waals surface area contributed by atoms with Crippen LogP contribution in [0, 0.1) is 0 Å². The van der Waals surface area contributed by atoms with E-state index in [2.05, 4.69) is 0 Å². The molecule has 1 heterocycles. The highest BCUT2D eigenvalue weighted by atomic mass is 16.6. The minimum atomic E-state index is -0.292. The lowest BCUT2D eigenvalue weighted by Crippen LogP contribution is -2.41. The van der Waals surface area contributed by atoms with Gasteiger partial charge in [-0.05, 0) is 25.1 Å². The first-order chi connectivity index (χ1) is 7.16. The molecule has 1 atom stereocenters. The summed E-state index contributed by atoms with van der Waals surface area (Å²) in [5.74, 6) is 0. The largest absolute Gasteiger partial charge is 0.446 e. The number of nitrogen functional groups attached to an aromatic ring is 1. The number of ether oxygens (including phenoxy) is 1. The monoisotopic (exact) mass is 206 g/mol. The predicted molar refractivity (Wildman–Crippen MR) is 58.8 cm³/mol. The fourth-order valence-electron chi connectivity index (χ4n) is 1.62. The number of nitrogens with two attached hydrogens (primary N) is 1. The topological polar surface area (TPSA) is 55.6 Å². The van der Waals surface area contributed by atoms with Crippen LogP contribution in [0.5, 0.6) is 0 Å². The molecular formula is C11H14N2O2. The van der Waals surface area contributed by atoms with Crippen molar-refractivity contribution in [1.82, 2.24) is 0 Å². The third-order valence-corrected chi connectivity index (χ3v) is 2.46. The molecule has 1 aliphatic heterocycles. The Hall–Kier alpha value is -1.71. The van der Waals surface area contributed by atoms with Crippen molar-refractivity contribution in [3.63, 3.8) is 0 Å². The van der Waals surface area contributed by atoms with Gasteiger partial charge in [-0.1, -0.05) is 6.07 Å². The van der Waals surface area contributed by atoms with Gasteiger partial charge in [-0.25, -0.2) is 4.79 Å². The van der Waals surface area contributed by atoms with E-state index < -0.39 is 0 Å². The molecule has 1 amide bonds. The van der Waals surface area contributed by atoms with E-state index in [1.54, 1.807) is 17.0 Å². The summed E-state index contributed by atoms with van der Waals surface area (Å²) < 4.78 is 5.14. The molecule has 1 aliphatic rings. The summed E-state index contributed by atoms with van der Waals surface area (Å²) in [5, 5.41) is 0. The van der Waals surface area contributed by atoms with Gasteiger partial charge in [-0.2, -0.15) is 0 Å². The minimum Gasteiger partial charge on any atom is -0.446 e. The number of carbonyl (C=O) groups is 1. The summed E-state index contributed by atoms with van der Waals surface area (Å²) in [4.78, 5) is 13.2. The molecule has 0 spiro atoms. The van der Waals surface area contributed by atoms with Gasteiger partial charge < -0.3 is 10.5 Å². The maximum absolute atomic E-state index is 11.6. The molecule has 0 aliphatic carbocycles. The highest BCUT2D eigenvalue weighted by molar-refractivity contribution is 5.88. The molecule has 4 nitrogen and oxygen atoms in total. The predicted octanol–water partition coefficient (Wildman–Crippen LogP) is 2.00. The molecule has 1 aromatic carbocycles. The zero-order valence-electron chi connectivity index (χ0n) is 8.64. The Balaban J connectivity index is 2.20. The fraction of sp³-hybridized carbons (Fsp3) is 0.364. The molecule has 1 fully saturated rings. The van der Waals surface area contributed by atoms with Crippen LogP contribution in [0.25, 0.3) is 0 Å². The number of nitrogens with zero attached hydrogens (tertiary/aromatic N) is 1. The van der Waals surface area contributed by atoms with Crippen LogP contribution in [0.3, 0.4) is 0 Å². The molecule has 0 saturated carbocycles. The summed E-state index contributed by atoms with van der Waals surface area (Å²) in [7, 11) is 0. The Morgan fingerprint density at radius 1 is 1.53 bits per heavy atom. The van der Waals surface area contributed by atoms with Crippen molar-refractivity contribution in [2.24, 2.45) is 0 Å². The first-order valence-corrected chi connectivity index (χ1v) is 5.00. The minimum absolute atomic E-state index is 0.00908. The van der Waals surface area contributed by atoms with Crippen molar-refractivity contribution in [1.29, 1.82) is 0 Å². The van der Waals surface area contributed by atoms with Gasteiger partial charge in [0, 0.05) is 24.3 Å². The fourth-order valence-corrected chi connectivity index (χ4v) is 1.62. The van der Waals surface area contributed by atoms with Crippen LogP contribution in [-0.4, -0.2) is 18.7 Å². The van der Waals surface area contributed by atoms with Crippen molar-refractivity contribution in [3.05, 3.63) is 24.3 Å². The highest BCUT2D eigenvalue weighted by Crippen LogP contribution is 2.22. The SMILES string of the molecule is CC1CCN(c2cccc(N)c2)C(=O)O1. The second-order valence-electron chi connectivity index (χ2n) is 3.73. The first-order valence-electron chi connectivity index (χ1n) is 5.00. The van der Waals surface area contributed by atoms with Gasteiger partial charge in [-0.15, -0.1) is 0 Å². The maximum atomic E-state index is 11.6. The van der Waals surface area contributed by atoms with Crippen LogP contribution in [-0.2, 0) is 4.74 Å². The van der Waals surface area contributed by atoms with E-state index in [9.17, 15) is 4.79 Å². The van der Waals surface area contributed by atoms with Crippen LogP contribution >= 0.6 is 0 Å². The van der Waals surface area contributed by atoms with E-state index in [4.69, 9.17) is 10.5 Å². The average molecular weight is 206 g/mol. The second-order valence-corrected chi connectivity index (χ2v) is 3.73. The highest BCUT2D eigenvalue weighted by Gasteiger charge is 2.25. The second kappa shape index (κ2) is 3.81. The molecule has 1 aromatic rings. The van der Waals surface area contributed by atoms with Crippen molar-refractivity contribution in [2.45, 2.75) is 19.4 Å². The zero-order chi connectivity index (χ0) is 10.8. The number of carbonyl (C=O) groups excluding carboxylic acids is 1. The number of cyclic esters (lactones) is 1. The average Bonchev–Trinajstić information content (AvgIpc) is 2.17. The summed E-state index contributed by atoms with van der Waals surface area (Å²) >= 11 is 0. The lowest BCUT2D eigenvalue weighted by molar-refractivity contribution is 0.0944. The number of hydrogen-bond acceptors (Lipinski definition) is 3. The lowest BCUT2D eigenvalue weighted by atomic mass is 10.2. The Kier molecular flexibility index (Phi) is 2.49. The quantitative estimate of drug-likeness (QED) is 0.715. The Morgan fingerprint density at radius 2 is 2.33 bits per heavy atom. The number of amides is 1. The van der Waals surface area contributed by atoms with Gasteiger partial charge in [0.25, 0.3) is 0 Å². The van der Waals surface area contributed by atoms with E-state index >= 15 is 0 Å². The zero-order valence-corrected chi connectivity index (χ0v) is 8.64. The van der Waals surface area contributed by atoms with E-state index in [-0.39, 0.29) is 12.2 Å². The molecule has 0 bridgehead atoms. The van der Waals surface area contributed by atoms with Gasteiger partial charge in [0.1, 0.15) is 6.10 Å². The van der Waals surface area contributed by atoms with Crippen LogP contribution in [0.2, 0.25) is 0 Å². The number of benzene rings is 1. The number of rotatable bonds is 1. The van der Waals surface area contributed by atoms with Crippen molar-refractivity contribution >= 4 is 17.5 Å². The lowest BCUT2D eigenvalue weighted by Gasteiger charge is -2.30. The molecule has 15 heavy (non-hydrogen) atoms. The standard InChI is InChI=1S/C11H14N2O2/c1-8-5-6-13(11(14)15-8)10-4-2-3-9(12)7-10/h2-4,7-8H,5-6,12H2,1H3. The van der Waals surface area contributed by atoms with Crippen molar-refractivity contribution in [3.8, 4) is 0 Å². The smallest absolute Gasteiger partial charge is 0.414 e. The molecular weight excluding hydrogens is 192 g/mol. The summed E-state index contributed by atoms with van der Waals surface area (Å²) in [6, 6.07) is 7.25. The molecule has 1 unspecified atom stereocenters. The maximum Gasteiger partial charge on any atom is 0.414 e. The van der Waals surface area contributed by atoms with Crippen LogP contribution in [0.4, 0.5) is 16.2 Å². The first kappa shape index (κ1) is 9.83. The Morgan fingerprint density at radius 3 is 3.00 bits per heavy atom. The van der Waals surface area contributed by atoms with Crippen LogP contribution in [0.1, 0.15) is 13.3 Å². The number of hydrogen-bond donors (Lipinski definition) is 1. The van der Waals surface area contributed by atoms with Gasteiger partial charge in [0.05, 0.1) is 0 Å². The van der Waals surface area contributed by atoms with Crippen LogP contribution < -0.4 is 10.6 Å². The Bertz CT molecular complexity index is 379. The summed E-state index contributed by atoms with van der Waals surface area (Å²) in [5.41, 5.74) is 7.11. The third-order valence-electron chi connectivity index (χ3n) is 2.46. The van der Waals surface area contributed by atoms with E-state index in [1.807, 2.05) is 19.1 Å². The molecule has 4 heteroatoms. The molecule has 2 N–H and O–H groups in total.